The number of thioether (sulfide) groups is 1. The van der Waals surface area contributed by atoms with E-state index in [0.717, 1.165) is 22.2 Å². The predicted molar refractivity (Wildman–Crippen MR) is 89.9 cm³/mol. The third-order valence-corrected chi connectivity index (χ3v) is 4.40. The molecule has 112 valence electrons. The number of hydrogen-bond donors (Lipinski definition) is 1. The molecule has 1 aromatic carbocycles. The lowest BCUT2D eigenvalue weighted by Gasteiger charge is -2.05. The number of nitrogens with zero attached hydrogens (tertiary/aromatic N) is 2. The number of imidazole rings is 1. The number of benzene rings is 1. The van der Waals surface area contributed by atoms with Gasteiger partial charge in [0.1, 0.15) is 0 Å². The van der Waals surface area contributed by atoms with Gasteiger partial charge in [-0.15, -0.1) is 0 Å². The van der Waals surface area contributed by atoms with Crippen LogP contribution >= 0.6 is 23.4 Å². The molecule has 0 unspecified atom stereocenters. The Hall–Kier alpha value is -1.85. The van der Waals surface area contributed by atoms with Crippen molar-refractivity contribution < 1.29 is 4.79 Å². The predicted octanol–water partition coefficient (Wildman–Crippen LogP) is 4.20. The van der Waals surface area contributed by atoms with Crippen LogP contribution in [0.15, 0.2) is 35.6 Å². The summed E-state index contributed by atoms with van der Waals surface area (Å²) in [5, 5.41) is 1.22. The SMILES string of the molecule is Cc1ccc(C)c(C(=O)CSc2nc3ncc(Cl)cc3[nH]2)c1. The van der Waals surface area contributed by atoms with Crippen molar-refractivity contribution in [1.82, 2.24) is 15.0 Å². The number of carbonyl (C=O) groups is 1. The molecule has 0 aliphatic rings. The summed E-state index contributed by atoms with van der Waals surface area (Å²) in [6.45, 7) is 3.93. The number of aromatic nitrogens is 3. The van der Waals surface area contributed by atoms with Gasteiger partial charge >= 0.3 is 0 Å². The van der Waals surface area contributed by atoms with Crippen LogP contribution in [0.4, 0.5) is 0 Å². The number of carbonyl (C=O) groups excluding carboxylic acids is 1. The van der Waals surface area contributed by atoms with E-state index in [0.29, 0.717) is 21.6 Å². The van der Waals surface area contributed by atoms with Crippen LogP contribution in [0.5, 0.6) is 0 Å². The number of aryl methyl sites for hydroxylation is 2. The first-order valence-electron chi connectivity index (χ1n) is 6.77. The van der Waals surface area contributed by atoms with Crippen molar-refractivity contribution in [1.29, 1.82) is 0 Å². The summed E-state index contributed by atoms with van der Waals surface area (Å²) in [7, 11) is 0. The Labute approximate surface area is 137 Å². The van der Waals surface area contributed by atoms with Crippen molar-refractivity contribution in [2.45, 2.75) is 19.0 Å². The Balaban J connectivity index is 1.75. The van der Waals surface area contributed by atoms with Crippen molar-refractivity contribution in [3.8, 4) is 0 Å². The Morgan fingerprint density at radius 2 is 2.14 bits per heavy atom. The van der Waals surface area contributed by atoms with Crippen LogP contribution in [0.1, 0.15) is 21.5 Å². The third kappa shape index (κ3) is 3.15. The number of pyridine rings is 1. The van der Waals surface area contributed by atoms with Crippen LogP contribution in [0.3, 0.4) is 0 Å². The minimum Gasteiger partial charge on any atom is -0.331 e. The number of halogens is 1. The first-order chi connectivity index (χ1) is 10.5. The first kappa shape index (κ1) is 15.1. The molecule has 0 saturated heterocycles. The van der Waals surface area contributed by atoms with Gasteiger partial charge in [0.2, 0.25) is 0 Å². The molecule has 4 nitrogen and oxygen atoms in total. The molecule has 2 aromatic heterocycles. The van der Waals surface area contributed by atoms with E-state index in [1.165, 1.54) is 11.8 Å². The van der Waals surface area contributed by atoms with Crippen molar-refractivity contribution in [2.24, 2.45) is 0 Å². The standard InChI is InChI=1S/C16H14ClN3OS/c1-9-3-4-10(2)12(5-9)14(21)8-22-16-19-13-6-11(17)7-18-15(13)20-16/h3-7H,8H2,1-2H3,(H,18,19,20). The van der Waals surface area contributed by atoms with Crippen LogP contribution in [0.25, 0.3) is 11.2 Å². The van der Waals surface area contributed by atoms with E-state index in [1.54, 1.807) is 12.3 Å². The van der Waals surface area contributed by atoms with Gasteiger partial charge in [0.05, 0.1) is 16.3 Å². The van der Waals surface area contributed by atoms with E-state index >= 15 is 0 Å². The number of nitrogens with one attached hydrogen (secondary N) is 1. The molecule has 0 saturated carbocycles. The molecule has 0 amide bonds. The van der Waals surface area contributed by atoms with Gasteiger partial charge in [0, 0.05) is 11.8 Å². The molecule has 22 heavy (non-hydrogen) atoms. The average Bonchev–Trinajstić information content (AvgIpc) is 2.89. The lowest BCUT2D eigenvalue weighted by molar-refractivity contribution is 0.102. The van der Waals surface area contributed by atoms with Gasteiger partial charge in [-0.05, 0) is 31.5 Å². The summed E-state index contributed by atoms with van der Waals surface area (Å²) >= 11 is 7.27. The fraction of sp³-hybridized carbons (Fsp3) is 0.188. The Bertz CT molecular complexity index is 860. The van der Waals surface area contributed by atoms with Crippen molar-refractivity contribution >= 4 is 40.3 Å². The average molecular weight is 332 g/mol. The number of rotatable bonds is 4. The van der Waals surface area contributed by atoms with E-state index in [9.17, 15) is 4.79 Å². The summed E-state index contributed by atoms with van der Waals surface area (Å²) < 4.78 is 0. The summed E-state index contributed by atoms with van der Waals surface area (Å²) in [5.41, 5.74) is 4.22. The van der Waals surface area contributed by atoms with E-state index in [1.807, 2.05) is 32.0 Å². The highest BCUT2D eigenvalue weighted by atomic mass is 35.5. The highest BCUT2D eigenvalue weighted by Gasteiger charge is 2.12. The molecule has 0 bridgehead atoms. The van der Waals surface area contributed by atoms with Gasteiger partial charge in [-0.1, -0.05) is 41.1 Å². The second-order valence-electron chi connectivity index (χ2n) is 5.10. The van der Waals surface area contributed by atoms with Crippen LogP contribution in [-0.4, -0.2) is 26.5 Å². The van der Waals surface area contributed by atoms with Gasteiger partial charge in [0.25, 0.3) is 0 Å². The van der Waals surface area contributed by atoms with Gasteiger partial charge < -0.3 is 4.98 Å². The fourth-order valence-corrected chi connectivity index (χ4v) is 3.08. The van der Waals surface area contributed by atoms with Gasteiger partial charge in [-0.2, -0.15) is 0 Å². The molecule has 0 spiro atoms. The van der Waals surface area contributed by atoms with E-state index in [2.05, 4.69) is 15.0 Å². The number of fused-ring (bicyclic) bond motifs is 1. The Morgan fingerprint density at radius 3 is 2.95 bits per heavy atom. The molecule has 3 aromatic rings. The molecule has 0 radical (unpaired) electrons. The van der Waals surface area contributed by atoms with Crippen LogP contribution < -0.4 is 0 Å². The number of Topliss-reactive ketones (excluding diaryl/α,β-unsaturated/α-hetero) is 1. The van der Waals surface area contributed by atoms with Crippen molar-refractivity contribution in [2.75, 3.05) is 5.75 Å². The molecule has 1 N–H and O–H groups in total. The topological polar surface area (TPSA) is 58.6 Å². The molecule has 2 heterocycles. The number of ketones is 1. The quantitative estimate of drug-likeness (QED) is 0.575. The highest BCUT2D eigenvalue weighted by molar-refractivity contribution is 7.99. The van der Waals surface area contributed by atoms with Gasteiger partial charge in [-0.3, -0.25) is 4.79 Å². The molecule has 0 aliphatic heterocycles. The largest absolute Gasteiger partial charge is 0.331 e. The second kappa shape index (κ2) is 6.10. The zero-order valence-electron chi connectivity index (χ0n) is 12.2. The number of hydrogen-bond acceptors (Lipinski definition) is 4. The third-order valence-electron chi connectivity index (χ3n) is 3.32. The minimum absolute atomic E-state index is 0.0950. The summed E-state index contributed by atoms with van der Waals surface area (Å²) in [5.74, 6) is 0.426. The van der Waals surface area contributed by atoms with Crippen LogP contribution in [0, 0.1) is 13.8 Å². The fourth-order valence-electron chi connectivity index (χ4n) is 2.17. The molecule has 6 heteroatoms. The minimum atomic E-state index is 0.0950. The monoisotopic (exact) mass is 331 g/mol. The molecule has 0 fully saturated rings. The molecular formula is C16H14ClN3OS. The zero-order valence-corrected chi connectivity index (χ0v) is 13.8. The maximum atomic E-state index is 12.4. The normalized spacial score (nSPS) is 11.0. The second-order valence-corrected chi connectivity index (χ2v) is 6.50. The van der Waals surface area contributed by atoms with Crippen molar-refractivity contribution in [3.05, 3.63) is 52.2 Å². The Kier molecular flexibility index (Phi) is 4.18. The van der Waals surface area contributed by atoms with Gasteiger partial charge in [-0.25, -0.2) is 9.97 Å². The lowest BCUT2D eigenvalue weighted by atomic mass is 10.0. The van der Waals surface area contributed by atoms with E-state index in [4.69, 9.17) is 11.6 Å². The summed E-state index contributed by atoms with van der Waals surface area (Å²) in [6, 6.07) is 7.68. The first-order valence-corrected chi connectivity index (χ1v) is 8.14. The molecular weight excluding hydrogens is 318 g/mol. The van der Waals surface area contributed by atoms with Crippen molar-refractivity contribution in [3.63, 3.8) is 0 Å². The zero-order chi connectivity index (χ0) is 15.7. The summed E-state index contributed by atoms with van der Waals surface area (Å²) in [4.78, 5) is 24.0. The van der Waals surface area contributed by atoms with E-state index in [-0.39, 0.29) is 5.78 Å². The number of H-pyrrole nitrogens is 1. The maximum Gasteiger partial charge on any atom is 0.178 e. The number of aromatic amines is 1. The molecule has 0 atom stereocenters. The maximum absolute atomic E-state index is 12.4. The summed E-state index contributed by atoms with van der Waals surface area (Å²) in [6.07, 6.45) is 1.56. The highest BCUT2D eigenvalue weighted by Crippen LogP contribution is 2.22. The van der Waals surface area contributed by atoms with Crippen LogP contribution in [0.2, 0.25) is 5.02 Å². The van der Waals surface area contributed by atoms with Crippen LogP contribution in [-0.2, 0) is 0 Å². The smallest absolute Gasteiger partial charge is 0.178 e. The lowest BCUT2D eigenvalue weighted by Crippen LogP contribution is -2.05. The van der Waals surface area contributed by atoms with E-state index < -0.39 is 0 Å². The van der Waals surface area contributed by atoms with Gasteiger partial charge in [0.15, 0.2) is 16.6 Å². The Morgan fingerprint density at radius 1 is 1.32 bits per heavy atom. The molecule has 3 rings (SSSR count). The molecule has 0 aliphatic carbocycles.